The van der Waals surface area contributed by atoms with Crippen LogP contribution in [0.2, 0.25) is 0 Å². The summed E-state index contributed by atoms with van der Waals surface area (Å²) in [6, 6.07) is 20.9. The highest BCUT2D eigenvalue weighted by molar-refractivity contribution is 14.1. The van der Waals surface area contributed by atoms with Gasteiger partial charge >= 0.3 is 12.2 Å². The Morgan fingerprint density at radius 1 is 0.907 bits per heavy atom. The Bertz CT molecular complexity index is 2120. The maximum absolute atomic E-state index is 13.1. The van der Waals surface area contributed by atoms with Crippen LogP contribution in [0, 0.1) is 0 Å². The number of nitrogens with one attached hydrogen (secondary N) is 4. The molecule has 0 bridgehead atoms. The minimum absolute atomic E-state index is 0.144. The lowest BCUT2D eigenvalue weighted by atomic mass is 9.98. The van der Waals surface area contributed by atoms with Crippen molar-refractivity contribution in [1.82, 2.24) is 40.4 Å². The maximum Gasteiger partial charge on any atom is 0.408 e. The number of hydrogen-bond acceptors (Lipinski definition) is 9. The summed E-state index contributed by atoms with van der Waals surface area (Å²) in [6.45, 7) is 3.33. The van der Waals surface area contributed by atoms with E-state index in [1.54, 1.807) is 34.0 Å². The number of alkyl halides is 1. The topological polar surface area (TPSA) is 175 Å². The standard InChI is InChI=1S/C38H41IN8O6S/c1-4-5-14-46(32(48)21-42-37(50)52-2)22-31-40-19-30(43-31)28-13-12-26-17-25(10-11-27(26)18-28)23-6-8-24(9-7-23)29-20-41-34(44-29)36-47(15-16-54-36)35(49)33(39)45-38(51)53-3/h6-13,17-20,33,36H,4-5,14-16,21-22H2,1-3H3,(H,40,43)(H,41,44)(H,42,50)(H,45,51)/t33-,36?/m0/s1. The molecule has 6 rings (SSSR count). The summed E-state index contributed by atoms with van der Waals surface area (Å²) < 4.78 is 8.47. The van der Waals surface area contributed by atoms with Crippen LogP contribution in [-0.4, -0.2) is 97.4 Å². The van der Waals surface area contributed by atoms with E-state index in [4.69, 9.17) is 0 Å². The Morgan fingerprint density at radius 3 is 2.28 bits per heavy atom. The molecule has 282 valence electrons. The third-order valence-corrected chi connectivity index (χ3v) is 11.1. The Hall–Kier alpha value is -5.10. The van der Waals surface area contributed by atoms with E-state index in [2.05, 4.69) is 95.5 Å². The molecule has 4 amide bonds. The fourth-order valence-electron chi connectivity index (χ4n) is 6.08. The van der Waals surface area contributed by atoms with Crippen LogP contribution in [0.25, 0.3) is 44.4 Å². The number of H-pyrrole nitrogens is 2. The molecule has 3 heterocycles. The molecule has 0 spiro atoms. The maximum atomic E-state index is 13.1. The van der Waals surface area contributed by atoms with Crippen molar-refractivity contribution < 1.29 is 28.7 Å². The summed E-state index contributed by atoms with van der Waals surface area (Å²) in [5, 5.41) is 6.89. The number of ether oxygens (including phenoxy) is 2. The SMILES string of the molecule is CCCCN(Cc1ncc(-c2ccc3cc(-c4ccc(-c5cnc(C6SCCN6C(=O)[C@@H](I)NC(=O)OC)[nH]5)cc4)ccc3c2)[nH]1)C(=O)CNC(=O)OC. The largest absolute Gasteiger partial charge is 0.453 e. The fraction of sp³-hybridized carbons (Fsp3) is 0.316. The zero-order valence-electron chi connectivity index (χ0n) is 30.1. The summed E-state index contributed by atoms with van der Waals surface area (Å²) in [7, 11) is 2.53. The molecule has 3 aromatic carbocycles. The molecule has 1 unspecified atom stereocenters. The van der Waals surface area contributed by atoms with Crippen molar-refractivity contribution in [2.45, 2.75) is 35.7 Å². The monoisotopic (exact) mass is 864 g/mol. The molecule has 14 nitrogen and oxygen atoms in total. The van der Waals surface area contributed by atoms with Crippen molar-refractivity contribution in [3.63, 3.8) is 0 Å². The van der Waals surface area contributed by atoms with Gasteiger partial charge in [0.2, 0.25) is 5.91 Å². The molecule has 0 saturated carbocycles. The van der Waals surface area contributed by atoms with E-state index < -0.39 is 16.2 Å². The van der Waals surface area contributed by atoms with Crippen LogP contribution in [0.3, 0.4) is 0 Å². The smallest absolute Gasteiger partial charge is 0.408 e. The highest BCUT2D eigenvalue weighted by atomic mass is 127. The van der Waals surface area contributed by atoms with Gasteiger partial charge in [0, 0.05) is 24.4 Å². The van der Waals surface area contributed by atoms with E-state index in [1.165, 1.54) is 14.2 Å². The lowest BCUT2D eigenvalue weighted by Gasteiger charge is -2.24. The molecular formula is C38H41IN8O6S. The molecule has 2 aromatic heterocycles. The molecular weight excluding hydrogens is 823 g/mol. The summed E-state index contributed by atoms with van der Waals surface area (Å²) >= 11 is 3.52. The number of hydrogen-bond donors (Lipinski definition) is 4. The van der Waals surface area contributed by atoms with Gasteiger partial charge in [-0.25, -0.2) is 19.6 Å². The van der Waals surface area contributed by atoms with Gasteiger partial charge in [0.1, 0.15) is 23.6 Å². The number of halogens is 1. The number of methoxy groups -OCH3 is 2. The molecule has 2 atom stereocenters. The molecule has 54 heavy (non-hydrogen) atoms. The summed E-state index contributed by atoms with van der Waals surface area (Å²) in [6.07, 6.45) is 4.02. The second-order valence-corrected chi connectivity index (χ2v) is 15.0. The van der Waals surface area contributed by atoms with E-state index in [0.29, 0.717) is 31.3 Å². The molecule has 1 aliphatic rings. The normalized spacial score (nSPS) is 14.4. The van der Waals surface area contributed by atoms with Crippen LogP contribution >= 0.6 is 34.4 Å². The minimum Gasteiger partial charge on any atom is -0.453 e. The van der Waals surface area contributed by atoms with E-state index in [9.17, 15) is 19.2 Å². The molecule has 16 heteroatoms. The second kappa shape index (κ2) is 17.8. The lowest BCUT2D eigenvalue weighted by Crippen LogP contribution is -2.45. The number of nitrogens with zero attached hydrogens (tertiary/aromatic N) is 4. The van der Waals surface area contributed by atoms with Crippen LogP contribution in [0.4, 0.5) is 9.59 Å². The Labute approximate surface area is 330 Å². The average molecular weight is 865 g/mol. The summed E-state index contributed by atoms with van der Waals surface area (Å²) in [4.78, 5) is 68.3. The number of rotatable bonds is 13. The quantitative estimate of drug-likeness (QED) is 0.0588. The molecule has 0 aliphatic carbocycles. The van der Waals surface area contributed by atoms with E-state index in [0.717, 1.165) is 63.0 Å². The minimum atomic E-state index is -0.748. The first kappa shape index (κ1) is 38.6. The first-order valence-corrected chi connectivity index (χ1v) is 19.7. The number of imidazole rings is 2. The van der Waals surface area contributed by atoms with Crippen molar-refractivity contribution in [2.75, 3.05) is 39.6 Å². The molecule has 4 N–H and O–H groups in total. The van der Waals surface area contributed by atoms with E-state index in [-0.39, 0.29) is 23.7 Å². The van der Waals surface area contributed by atoms with Gasteiger partial charge in [-0.05, 0) is 68.6 Å². The van der Waals surface area contributed by atoms with Gasteiger partial charge in [-0.2, -0.15) is 0 Å². The van der Waals surface area contributed by atoms with Crippen LogP contribution in [0.5, 0.6) is 0 Å². The van der Waals surface area contributed by atoms with Gasteiger partial charge in [-0.3, -0.25) is 9.59 Å². The van der Waals surface area contributed by atoms with Gasteiger partial charge in [-0.15, -0.1) is 11.8 Å². The Morgan fingerprint density at radius 2 is 1.56 bits per heavy atom. The first-order chi connectivity index (χ1) is 26.2. The van der Waals surface area contributed by atoms with Crippen LogP contribution in [-0.2, 0) is 25.6 Å². The second-order valence-electron chi connectivity index (χ2n) is 12.5. The van der Waals surface area contributed by atoms with Crippen LogP contribution in [0.1, 0.15) is 36.8 Å². The van der Waals surface area contributed by atoms with E-state index in [1.807, 2.05) is 34.7 Å². The highest BCUT2D eigenvalue weighted by Crippen LogP contribution is 2.38. The van der Waals surface area contributed by atoms with Gasteiger partial charge in [0.25, 0.3) is 5.91 Å². The average Bonchev–Trinajstić information content (AvgIpc) is 3.99. The number of benzene rings is 3. The van der Waals surface area contributed by atoms with Crippen molar-refractivity contribution in [1.29, 1.82) is 0 Å². The number of fused-ring (bicyclic) bond motifs is 1. The molecule has 1 aliphatic heterocycles. The van der Waals surface area contributed by atoms with Crippen LogP contribution < -0.4 is 10.6 Å². The van der Waals surface area contributed by atoms with Gasteiger partial charge in [0.15, 0.2) is 4.05 Å². The third-order valence-electron chi connectivity index (χ3n) is 9.00. The predicted molar refractivity (Wildman–Crippen MR) is 216 cm³/mol. The first-order valence-electron chi connectivity index (χ1n) is 17.4. The molecule has 1 fully saturated rings. The van der Waals surface area contributed by atoms with Crippen molar-refractivity contribution in [3.05, 3.63) is 84.7 Å². The van der Waals surface area contributed by atoms with E-state index >= 15 is 0 Å². The zero-order valence-corrected chi connectivity index (χ0v) is 33.0. The number of aromatic amines is 2. The number of alkyl carbamates (subject to hydrolysis) is 2. The van der Waals surface area contributed by atoms with Crippen molar-refractivity contribution >= 4 is 69.1 Å². The zero-order chi connectivity index (χ0) is 38.2. The number of unbranched alkanes of at least 4 members (excludes halogenated alkanes) is 1. The van der Waals surface area contributed by atoms with Crippen molar-refractivity contribution in [3.8, 4) is 33.6 Å². The van der Waals surface area contributed by atoms with Crippen LogP contribution in [0.15, 0.2) is 73.1 Å². The third kappa shape index (κ3) is 9.15. The lowest BCUT2D eigenvalue weighted by molar-refractivity contribution is -0.131. The number of carbonyl (C=O) groups excluding carboxylic acids is 4. The Kier molecular flexibility index (Phi) is 12.7. The van der Waals surface area contributed by atoms with Crippen molar-refractivity contribution in [2.24, 2.45) is 0 Å². The number of thioether (sulfide) groups is 1. The molecule has 5 aromatic rings. The Balaban J connectivity index is 1.11. The highest BCUT2D eigenvalue weighted by Gasteiger charge is 2.36. The summed E-state index contributed by atoms with van der Waals surface area (Å²) in [5.41, 5.74) is 5.80. The summed E-state index contributed by atoms with van der Waals surface area (Å²) in [5.74, 6) is 1.69. The van der Waals surface area contributed by atoms with Gasteiger partial charge in [-0.1, -0.05) is 61.9 Å². The number of carbonyl (C=O) groups is 4. The van der Waals surface area contributed by atoms with Gasteiger partial charge < -0.3 is 39.9 Å². The predicted octanol–water partition coefficient (Wildman–Crippen LogP) is 6.46. The number of aromatic nitrogens is 4. The van der Waals surface area contributed by atoms with Gasteiger partial charge in [0.05, 0.1) is 44.5 Å². The number of amides is 4. The molecule has 0 radical (unpaired) electrons. The fourth-order valence-corrected chi connectivity index (χ4v) is 7.88. The molecule has 1 saturated heterocycles.